The summed E-state index contributed by atoms with van der Waals surface area (Å²) in [5.74, 6) is 2.78. The molecule has 3 aromatic rings. The Morgan fingerprint density at radius 1 is 1.00 bits per heavy atom. The van der Waals surface area contributed by atoms with Crippen LogP contribution in [0.15, 0.2) is 67.0 Å². The maximum absolute atomic E-state index is 4.89. The monoisotopic (exact) mass is 403 g/mol. The Hall–Kier alpha value is -2.13. The molecule has 29 heavy (non-hydrogen) atoms. The van der Waals surface area contributed by atoms with E-state index in [2.05, 4.69) is 97.9 Å². The largest absolute Gasteiger partial charge is 0.331 e. The van der Waals surface area contributed by atoms with Gasteiger partial charge in [0.15, 0.2) is 4.87 Å². The van der Waals surface area contributed by atoms with E-state index in [1.165, 1.54) is 40.8 Å². The smallest absolute Gasteiger partial charge is 0.215 e. The van der Waals surface area contributed by atoms with Crippen molar-refractivity contribution in [2.24, 2.45) is 0 Å². The number of nitrogens with zero attached hydrogens (tertiary/aromatic N) is 2. The number of thioether (sulfide) groups is 1. The normalized spacial score (nSPS) is 20.2. The van der Waals surface area contributed by atoms with Gasteiger partial charge in [-0.05, 0) is 52.8 Å². The molecule has 0 aliphatic carbocycles. The molecule has 0 N–H and O–H groups in total. The lowest BCUT2D eigenvalue weighted by atomic mass is 9.80. The van der Waals surface area contributed by atoms with Gasteiger partial charge in [-0.2, -0.15) is 0 Å². The summed E-state index contributed by atoms with van der Waals surface area (Å²) in [5.41, 5.74) is 5.27. The molecule has 0 saturated carbocycles. The third kappa shape index (κ3) is 3.50. The van der Waals surface area contributed by atoms with Crippen molar-refractivity contribution in [2.75, 3.05) is 5.75 Å². The van der Waals surface area contributed by atoms with Crippen LogP contribution in [0.25, 0.3) is 22.5 Å². The average molecular weight is 404 g/mol. The first-order valence-corrected chi connectivity index (χ1v) is 11.9. The van der Waals surface area contributed by atoms with Gasteiger partial charge in [-0.25, -0.2) is 4.57 Å². The Kier molecular flexibility index (Phi) is 6.05. The summed E-state index contributed by atoms with van der Waals surface area (Å²) in [6.45, 7) is 6.96. The molecule has 1 aromatic heterocycles. The molecule has 0 amide bonds. The Morgan fingerprint density at radius 2 is 1.83 bits per heavy atom. The van der Waals surface area contributed by atoms with E-state index in [9.17, 15) is 0 Å². The van der Waals surface area contributed by atoms with Crippen molar-refractivity contribution in [2.45, 2.75) is 57.2 Å². The topological polar surface area (TPSA) is 16.8 Å². The Balaban J connectivity index is 1.89. The minimum Gasteiger partial charge on any atom is -0.215 e. The van der Waals surface area contributed by atoms with Gasteiger partial charge in [-0.1, -0.05) is 69.7 Å². The molecule has 4 rings (SSSR count). The summed E-state index contributed by atoms with van der Waals surface area (Å²) in [6.07, 6.45) is 8.93. The molecule has 1 aliphatic rings. The zero-order valence-corrected chi connectivity index (χ0v) is 18.6. The van der Waals surface area contributed by atoms with E-state index in [1.807, 2.05) is 6.20 Å². The third-order valence-corrected chi connectivity index (χ3v) is 8.00. The van der Waals surface area contributed by atoms with E-state index < -0.39 is 0 Å². The van der Waals surface area contributed by atoms with E-state index in [1.54, 1.807) is 0 Å². The van der Waals surface area contributed by atoms with E-state index >= 15 is 0 Å². The zero-order chi connectivity index (χ0) is 20.3. The van der Waals surface area contributed by atoms with Crippen LogP contribution in [0.5, 0.6) is 0 Å². The number of unbranched alkanes of at least 4 members (excludes halogenated alkanes) is 1. The predicted octanol–water partition coefficient (Wildman–Crippen LogP) is 6.81. The summed E-state index contributed by atoms with van der Waals surface area (Å²) < 4.78 is 2.48. The SMILES string of the molecule is CCCCSC1(CC)C(CC)c2ccc(-c3ccccc3)cc2-c2nccc[n+]21. The van der Waals surface area contributed by atoms with Gasteiger partial charge >= 0.3 is 5.82 Å². The van der Waals surface area contributed by atoms with Crippen LogP contribution >= 0.6 is 11.8 Å². The summed E-state index contributed by atoms with van der Waals surface area (Å²) in [4.78, 5) is 4.92. The van der Waals surface area contributed by atoms with Gasteiger partial charge < -0.3 is 0 Å². The molecule has 3 heteroatoms. The number of benzene rings is 2. The summed E-state index contributed by atoms with van der Waals surface area (Å²) >= 11 is 2.13. The minimum atomic E-state index is 0.0365. The lowest BCUT2D eigenvalue weighted by molar-refractivity contribution is -0.736. The Bertz CT molecular complexity index is 969. The van der Waals surface area contributed by atoms with E-state index in [-0.39, 0.29) is 4.87 Å². The van der Waals surface area contributed by atoms with Crippen molar-refractivity contribution >= 4 is 11.8 Å². The zero-order valence-electron chi connectivity index (χ0n) is 17.8. The van der Waals surface area contributed by atoms with Crippen molar-refractivity contribution in [3.8, 4) is 22.5 Å². The van der Waals surface area contributed by atoms with Crippen LogP contribution in [-0.2, 0) is 4.87 Å². The van der Waals surface area contributed by atoms with Gasteiger partial charge in [-0.15, -0.1) is 11.8 Å². The van der Waals surface area contributed by atoms with E-state index in [4.69, 9.17) is 4.98 Å². The molecule has 150 valence electrons. The van der Waals surface area contributed by atoms with Crippen molar-refractivity contribution < 1.29 is 4.57 Å². The minimum absolute atomic E-state index is 0.0365. The molecule has 2 unspecified atom stereocenters. The number of rotatable bonds is 7. The summed E-state index contributed by atoms with van der Waals surface area (Å²) in [6, 6.07) is 19.8. The molecule has 0 spiro atoms. The maximum Gasteiger partial charge on any atom is 0.331 e. The van der Waals surface area contributed by atoms with Gasteiger partial charge in [0.1, 0.15) is 6.20 Å². The molecule has 0 fully saturated rings. The van der Waals surface area contributed by atoms with Crippen LogP contribution < -0.4 is 4.57 Å². The third-order valence-electron chi connectivity index (χ3n) is 6.24. The highest BCUT2D eigenvalue weighted by Crippen LogP contribution is 2.51. The van der Waals surface area contributed by atoms with E-state index in [0.29, 0.717) is 5.92 Å². The van der Waals surface area contributed by atoms with Crippen molar-refractivity contribution in [3.63, 3.8) is 0 Å². The van der Waals surface area contributed by atoms with E-state index in [0.717, 1.165) is 18.7 Å². The highest BCUT2D eigenvalue weighted by Gasteiger charge is 2.50. The fourth-order valence-electron chi connectivity index (χ4n) is 4.77. The highest BCUT2D eigenvalue weighted by atomic mass is 32.2. The fraction of sp³-hybridized carbons (Fsp3) is 0.385. The highest BCUT2D eigenvalue weighted by molar-refractivity contribution is 7.99. The number of fused-ring (bicyclic) bond motifs is 3. The standard InChI is InChI=1S/C26H31N2S/c1-4-7-18-29-26(6-3)24(5-2)22-15-14-21(20-12-9-8-10-13-20)19-23(22)25-27-16-11-17-28(25)26/h8-17,19,24H,4-7,18H2,1-3H3/q+1. The first-order chi connectivity index (χ1) is 14.2. The summed E-state index contributed by atoms with van der Waals surface area (Å²) in [7, 11) is 0. The van der Waals surface area contributed by atoms with Gasteiger partial charge in [0.25, 0.3) is 0 Å². The second-order valence-electron chi connectivity index (χ2n) is 7.84. The first kappa shape index (κ1) is 20.2. The molecular weight excluding hydrogens is 372 g/mol. The van der Waals surface area contributed by atoms with Crippen LogP contribution in [0.3, 0.4) is 0 Å². The fourth-order valence-corrected chi connectivity index (χ4v) is 6.54. The van der Waals surface area contributed by atoms with Crippen LogP contribution in [0.4, 0.5) is 0 Å². The molecule has 2 atom stereocenters. The molecule has 0 bridgehead atoms. The number of hydrogen-bond acceptors (Lipinski definition) is 2. The first-order valence-electron chi connectivity index (χ1n) is 11.0. The van der Waals surface area contributed by atoms with Crippen molar-refractivity contribution in [3.05, 3.63) is 72.6 Å². The summed E-state index contributed by atoms with van der Waals surface area (Å²) in [5, 5.41) is 0. The molecule has 1 aliphatic heterocycles. The second kappa shape index (κ2) is 8.71. The molecule has 0 saturated heterocycles. The van der Waals surface area contributed by atoms with Crippen molar-refractivity contribution in [1.29, 1.82) is 0 Å². The lowest BCUT2D eigenvalue weighted by Gasteiger charge is -2.41. The molecule has 2 heterocycles. The Labute approximate surface area is 179 Å². The second-order valence-corrected chi connectivity index (χ2v) is 9.25. The molecule has 0 radical (unpaired) electrons. The molecular formula is C26H31N2S+. The number of hydrogen-bond donors (Lipinski definition) is 0. The quantitative estimate of drug-likeness (QED) is 0.318. The van der Waals surface area contributed by atoms with Crippen LogP contribution in [0, 0.1) is 0 Å². The van der Waals surface area contributed by atoms with Gasteiger partial charge in [0.2, 0.25) is 0 Å². The number of aromatic nitrogens is 2. The maximum atomic E-state index is 4.89. The van der Waals surface area contributed by atoms with Crippen LogP contribution in [-0.4, -0.2) is 10.7 Å². The lowest BCUT2D eigenvalue weighted by Crippen LogP contribution is -2.60. The average Bonchev–Trinajstić information content (AvgIpc) is 2.79. The van der Waals surface area contributed by atoms with Crippen LogP contribution in [0.2, 0.25) is 0 Å². The molecule has 2 nitrogen and oxygen atoms in total. The van der Waals surface area contributed by atoms with Gasteiger partial charge in [0, 0.05) is 12.0 Å². The van der Waals surface area contributed by atoms with Crippen molar-refractivity contribution in [1.82, 2.24) is 4.98 Å². The predicted molar refractivity (Wildman–Crippen MR) is 124 cm³/mol. The Morgan fingerprint density at radius 3 is 2.55 bits per heavy atom. The van der Waals surface area contributed by atoms with Crippen LogP contribution in [0.1, 0.15) is 57.9 Å². The molecule has 2 aromatic carbocycles. The van der Waals surface area contributed by atoms with Gasteiger partial charge in [0.05, 0.1) is 11.8 Å². The van der Waals surface area contributed by atoms with Gasteiger partial charge in [-0.3, -0.25) is 0 Å².